The lowest BCUT2D eigenvalue weighted by Crippen LogP contribution is -2.29. The number of anilines is 1. The Labute approximate surface area is 222 Å². The number of hydrogen-bond donors (Lipinski definition) is 1. The second-order valence-electron chi connectivity index (χ2n) is 9.21. The Hall–Kier alpha value is -3.77. The molecule has 0 aromatic heterocycles. The van der Waals surface area contributed by atoms with Crippen LogP contribution >= 0.6 is 11.6 Å². The summed E-state index contributed by atoms with van der Waals surface area (Å²) in [5.41, 5.74) is 3.22. The van der Waals surface area contributed by atoms with Gasteiger partial charge in [-0.05, 0) is 85.0 Å². The molecule has 192 valence electrons. The summed E-state index contributed by atoms with van der Waals surface area (Å²) >= 11 is 6.09. The number of halogens is 1. The van der Waals surface area contributed by atoms with E-state index in [4.69, 9.17) is 21.1 Å². The van der Waals surface area contributed by atoms with Crippen molar-refractivity contribution in [1.82, 2.24) is 0 Å². The highest BCUT2D eigenvalue weighted by Gasteiger charge is 2.47. The average molecular weight is 520 g/mol. The fourth-order valence-corrected chi connectivity index (χ4v) is 4.81. The van der Waals surface area contributed by atoms with E-state index in [1.807, 2.05) is 52.0 Å². The van der Waals surface area contributed by atoms with Crippen molar-refractivity contribution < 1.29 is 24.2 Å². The molecule has 1 aliphatic rings. The molecule has 3 aromatic rings. The van der Waals surface area contributed by atoms with Gasteiger partial charge in [0, 0.05) is 16.3 Å². The summed E-state index contributed by atoms with van der Waals surface area (Å²) in [6, 6.07) is 16.7. The summed E-state index contributed by atoms with van der Waals surface area (Å²) < 4.78 is 11.2. The SMILES string of the molecule is CCOc1cccc(C2/C(=C(\O)c3cc(C(C)C)c(OC)cc3C)C(=O)C(=O)N2c2ccc(Cl)cc2)c1. The molecule has 1 saturated heterocycles. The molecule has 7 heteroatoms. The molecule has 1 unspecified atom stereocenters. The van der Waals surface area contributed by atoms with Gasteiger partial charge in [0.05, 0.1) is 25.3 Å². The number of aliphatic hydroxyl groups excluding tert-OH is 1. The maximum absolute atomic E-state index is 13.5. The van der Waals surface area contributed by atoms with Crippen molar-refractivity contribution in [2.45, 2.75) is 39.7 Å². The first-order valence-electron chi connectivity index (χ1n) is 12.2. The summed E-state index contributed by atoms with van der Waals surface area (Å²) in [4.78, 5) is 28.4. The van der Waals surface area contributed by atoms with Gasteiger partial charge in [-0.3, -0.25) is 14.5 Å². The van der Waals surface area contributed by atoms with Crippen LogP contribution in [-0.4, -0.2) is 30.5 Å². The molecular formula is C30H30ClNO5. The third-order valence-corrected chi connectivity index (χ3v) is 6.74. The Kier molecular flexibility index (Phi) is 7.60. The molecule has 0 aliphatic carbocycles. The van der Waals surface area contributed by atoms with Crippen molar-refractivity contribution in [3.05, 3.63) is 93.5 Å². The number of ketones is 1. The predicted molar refractivity (Wildman–Crippen MR) is 146 cm³/mol. The molecule has 1 N–H and O–H groups in total. The minimum Gasteiger partial charge on any atom is -0.507 e. The number of amides is 1. The van der Waals surface area contributed by atoms with E-state index in [1.165, 1.54) is 4.90 Å². The average Bonchev–Trinajstić information content (AvgIpc) is 3.14. The van der Waals surface area contributed by atoms with Gasteiger partial charge in [-0.2, -0.15) is 0 Å². The van der Waals surface area contributed by atoms with Gasteiger partial charge >= 0.3 is 0 Å². The van der Waals surface area contributed by atoms with Crippen molar-refractivity contribution in [3.8, 4) is 11.5 Å². The number of carbonyl (C=O) groups excluding carboxylic acids is 2. The predicted octanol–water partition coefficient (Wildman–Crippen LogP) is 6.81. The third-order valence-electron chi connectivity index (χ3n) is 6.49. The van der Waals surface area contributed by atoms with Crippen molar-refractivity contribution >= 4 is 34.7 Å². The quantitative estimate of drug-likeness (QED) is 0.211. The number of ether oxygens (including phenoxy) is 2. The summed E-state index contributed by atoms with van der Waals surface area (Å²) in [6.07, 6.45) is 0. The third kappa shape index (κ3) is 4.94. The molecule has 0 bridgehead atoms. The number of benzene rings is 3. The van der Waals surface area contributed by atoms with Crippen LogP contribution in [0.3, 0.4) is 0 Å². The lowest BCUT2D eigenvalue weighted by molar-refractivity contribution is -0.132. The van der Waals surface area contributed by atoms with E-state index in [1.54, 1.807) is 43.5 Å². The zero-order valence-corrected chi connectivity index (χ0v) is 22.3. The maximum atomic E-state index is 13.5. The lowest BCUT2D eigenvalue weighted by atomic mass is 9.91. The molecular weight excluding hydrogens is 490 g/mol. The Balaban J connectivity index is 1.98. The smallest absolute Gasteiger partial charge is 0.300 e. The molecule has 3 aromatic carbocycles. The summed E-state index contributed by atoms with van der Waals surface area (Å²) in [5.74, 6) is -0.316. The summed E-state index contributed by atoms with van der Waals surface area (Å²) in [6.45, 7) is 8.22. The van der Waals surface area contributed by atoms with Crippen LogP contribution in [0, 0.1) is 6.92 Å². The van der Waals surface area contributed by atoms with E-state index >= 15 is 0 Å². The van der Waals surface area contributed by atoms with Crippen LogP contribution in [0.25, 0.3) is 5.76 Å². The first kappa shape index (κ1) is 26.3. The lowest BCUT2D eigenvalue weighted by Gasteiger charge is -2.26. The van der Waals surface area contributed by atoms with Crippen LogP contribution in [0.1, 0.15) is 55.0 Å². The number of Topliss-reactive ketones (excluding diaryl/α,β-unsaturated/α-hetero) is 1. The van der Waals surface area contributed by atoms with Gasteiger partial charge in [0.25, 0.3) is 11.7 Å². The second kappa shape index (κ2) is 10.7. The Morgan fingerprint density at radius 3 is 2.41 bits per heavy atom. The van der Waals surface area contributed by atoms with Crippen molar-refractivity contribution in [3.63, 3.8) is 0 Å². The topological polar surface area (TPSA) is 76.1 Å². The van der Waals surface area contributed by atoms with Crippen LogP contribution in [0.4, 0.5) is 5.69 Å². The van der Waals surface area contributed by atoms with Crippen LogP contribution in [0.2, 0.25) is 5.02 Å². The van der Waals surface area contributed by atoms with Gasteiger partial charge in [0.2, 0.25) is 0 Å². The molecule has 0 saturated carbocycles. The highest BCUT2D eigenvalue weighted by atomic mass is 35.5. The maximum Gasteiger partial charge on any atom is 0.300 e. The van der Waals surface area contributed by atoms with Gasteiger partial charge in [0.15, 0.2) is 0 Å². The molecule has 4 rings (SSSR count). The number of methoxy groups -OCH3 is 1. The van der Waals surface area contributed by atoms with E-state index in [0.29, 0.717) is 39.9 Å². The van der Waals surface area contributed by atoms with Gasteiger partial charge < -0.3 is 14.6 Å². The number of hydrogen-bond acceptors (Lipinski definition) is 5. The highest BCUT2D eigenvalue weighted by Crippen LogP contribution is 2.44. The normalized spacial score (nSPS) is 16.9. The monoisotopic (exact) mass is 519 g/mol. The largest absolute Gasteiger partial charge is 0.507 e. The summed E-state index contributed by atoms with van der Waals surface area (Å²) in [7, 11) is 1.60. The van der Waals surface area contributed by atoms with Crippen LogP contribution in [-0.2, 0) is 9.59 Å². The molecule has 0 spiro atoms. The summed E-state index contributed by atoms with van der Waals surface area (Å²) in [5, 5.41) is 12.2. The number of rotatable bonds is 7. The van der Waals surface area contributed by atoms with Crippen LogP contribution in [0.15, 0.2) is 66.2 Å². The Morgan fingerprint density at radius 1 is 1.08 bits per heavy atom. The molecule has 6 nitrogen and oxygen atoms in total. The highest BCUT2D eigenvalue weighted by molar-refractivity contribution is 6.51. The van der Waals surface area contributed by atoms with E-state index in [-0.39, 0.29) is 17.3 Å². The molecule has 1 fully saturated rings. The van der Waals surface area contributed by atoms with Gasteiger partial charge in [-0.25, -0.2) is 0 Å². The van der Waals surface area contributed by atoms with E-state index < -0.39 is 17.7 Å². The van der Waals surface area contributed by atoms with Crippen molar-refractivity contribution in [1.29, 1.82) is 0 Å². The van der Waals surface area contributed by atoms with Gasteiger partial charge in [-0.15, -0.1) is 0 Å². The number of aliphatic hydroxyl groups is 1. The molecule has 37 heavy (non-hydrogen) atoms. The number of aryl methyl sites for hydroxylation is 1. The Morgan fingerprint density at radius 2 is 1.78 bits per heavy atom. The molecule has 0 radical (unpaired) electrons. The zero-order chi connectivity index (χ0) is 26.9. The molecule has 1 heterocycles. The van der Waals surface area contributed by atoms with Crippen LogP contribution < -0.4 is 14.4 Å². The van der Waals surface area contributed by atoms with E-state index in [2.05, 4.69) is 0 Å². The van der Waals surface area contributed by atoms with Crippen molar-refractivity contribution in [2.75, 3.05) is 18.6 Å². The first-order valence-corrected chi connectivity index (χ1v) is 12.5. The first-order chi connectivity index (χ1) is 17.7. The zero-order valence-electron chi connectivity index (χ0n) is 21.5. The Bertz CT molecular complexity index is 1380. The van der Waals surface area contributed by atoms with Gasteiger partial charge in [0.1, 0.15) is 17.3 Å². The minimum atomic E-state index is -0.870. The van der Waals surface area contributed by atoms with E-state index in [0.717, 1.165) is 11.1 Å². The number of carbonyl (C=O) groups is 2. The second-order valence-corrected chi connectivity index (χ2v) is 9.65. The molecule has 1 atom stereocenters. The standard InChI is InChI=1S/C30H30ClNO5/c1-6-37-22-9-7-8-19(15-22)27-26(29(34)30(35)32(27)21-12-10-20(31)11-13-21)28(33)24-16-23(17(2)3)25(36-5)14-18(24)4/h7-17,27,33H,6H2,1-5H3/b28-26+. The van der Waals surface area contributed by atoms with Crippen LogP contribution in [0.5, 0.6) is 11.5 Å². The fraction of sp³-hybridized carbons (Fsp3) is 0.267. The minimum absolute atomic E-state index is 0.0107. The number of nitrogens with zero attached hydrogens (tertiary/aromatic N) is 1. The molecule has 1 aliphatic heterocycles. The van der Waals surface area contributed by atoms with Crippen molar-refractivity contribution in [2.24, 2.45) is 0 Å². The van der Waals surface area contributed by atoms with E-state index in [9.17, 15) is 14.7 Å². The molecule has 1 amide bonds. The van der Waals surface area contributed by atoms with Gasteiger partial charge in [-0.1, -0.05) is 37.6 Å². The fourth-order valence-electron chi connectivity index (χ4n) is 4.68.